The van der Waals surface area contributed by atoms with Crippen molar-refractivity contribution in [3.8, 4) is 5.75 Å². The Kier molecular flexibility index (Phi) is 3.42. The van der Waals surface area contributed by atoms with Crippen molar-refractivity contribution in [1.82, 2.24) is 4.89 Å². The van der Waals surface area contributed by atoms with E-state index in [1.165, 1.54) is 0 Å². The summed E-state index contributed by atoms with van der Waals surface area (Å²) in [6, 6.07) is 2.67. The minimum Gasteiger partial charge on any atom is -0.502 e. The van der Waals surface area contributed by atoms with E-state index < -0.39 is 26.4 Å². The van der Waals surface area contributed by atoms with E-state index in [2.05, 4.69) is 4.84 Å². The van der Waals surface area contributed by atoms with Crippen LogP contribution in [-0.2, 0) is 14.9 Å². The standard InChI is InChI=1S/C7H8N2O6S/c1-15-8-16(13,14)5-2-3-7(10)6(4-5)9(11)12/h2-4,8,10H,1H3. The van der Waals surface area contributed by atoms with E-state index in [4.69, 9.17) is 5.11 Å². The van der Waals surface area contributed by atoms with Crippen molar-refractivity contribution in [2.75, 3.05) is 7.11 Å². The van der Waals surface area contributed by atoms with Crippen LogP contribution in [0.1, 0.15) is 0 Å². The predicted octanol–water partition coefficient (Wildman–Crippen LogP) is 0.140. The zero-order valence-corrected chi connectivity index (χ0v) is 8.89. The molecule has 1 rings (SSSR count). The average Bonchev–Trinajstić information content (AvgIpc) is 2.17. The molecule has 1 aromatic carbocycles. The van der Waals surface area contributed by atoms with E-state index in [0.717, 1.165) is 25.3 Å². The first kappa shape index (κ1) is 12.4. The third kappa shape index (κ3) is 2.45. The maximum Gasteiger partial charge on any atom is 0.312 e. The summed E-state index contributed by atoms with van der Waals surface area (Å²) in [4.78, 5) is 15.1. The third-order valence-corrected chi connectivity index (χ3v) is 2.91. The Morgan fingerprint density at radius 1 is 1.50 bits per heavy atom. The lowest BCUT2D eigenvalue weighted by atomic mass is 10.3. The Morgan fingerprint density at radius 3 is 2.62 bits per heavy atom. The number of benzene rings is 1. The van der Waals surface area contributed by atoms with Crippen molar-refractivity contribution in [3.63, 3.8) is 0 Å². The number of hydrogen-bond donors (Lipinski definition) is 2. The van der Waals surface area contributed by atoms with E-state index in [1.54, 1.807) is 4.89 Å². The van der Waals surface area contributed by atoms with Crippen molar-refractivity contribution in [2.24, 2.45) is 0 Å². The van der Waals surface area contributed by atoms with Crippen LogP contribution in [-0.4, -0.2) is 25.6 Å². The molecule has 0 saturated carbocycles. The van der Waals surface area contributed by atoms with E-state index in [0.29, 0.717) is 0 Å². The van der Waals surface area contributed by atoms with Gasteiger partial charge >= 0.3 is 5.69 Å². The van der Waals surface area contributed by atoms with Crippen LogP contribution in [0.15, 0.2) is 23.1 Å². The van der Waals surface area contributed by atoms with Gasteiger partial charge in [-0.2, -0.15) is 0 Å². The summed E-state index contributed by atoms with van der Waals surface area (Å²) in [7, 11) is -2.88. The van der Waals surface area contributed by atoms with Gasteiger partial charge in [0.1, 0.15) is 0 Å². The largest absolute Gasteiger partial charge is 0.502 e. The Bertz CT molecular complexity index is 512. The van der Waals surface area contributed by atoms with Crippen LogP contribution in [0.2, 0.25) is 0 Å². The van der Waals surface area contributed by atoms with Crippen LogP contribution in [0.25, 0.3) is 0 Å². The molecule has 9 heteroatoms. The molecule has 1 aromatic rings. The molecule has 0 aliphatic heterocycles. The molecule has 88 valence electrons. The fourth-order valence-corrected chi connectivity index (χ4v) is 1.80. The Hall–Kier alpha value is -1.71. The Balaban J connectivity index is 3.28. The summed E-state index contributed by atoms with van der Waals surface area (Å²) < 4.78 is 22.8. The molecule has 0 aliphatic rings. The maximum atomic E-state index is 11.4. The van der Waals surface area contributed by atoms with Crippen LogP contribution in [0.3, 0.4) is 0 Å². The molecule has 16 heavy (non-hydrogen) atoms. The fourth-order valence-electron chi connectivity index (χ4n) is 0.974. The highest BCUT2D eigenvalue weighted by molar-refractivity contribution is 7.89. The van der Waals surface area contributed by atoms with Crippen molar-refractivity contribution >= 4 is 15.7 Å². The molecule has 8 nitrogen and oxygen atoms in total. The summed E-state index contributed by atoms with van der Waals surface area (Å²) >= 11 is 0. The number of rotatable bonds is 4. The molecule has 0 fully saturated rings. The van der Waals surface area contributed by atoms with Gasteiger partial charge in [0.05, 0.1) is 16.9 Å². The van der Waals surface area contributed by atoms with E-state index in [9.17, 15) is 18.5 Å². The van der Waals surface area contributed by atoms with Crippen LogP contribution in [0.5, 0.6) is 5.75 Å². The maximum absolute atomic E-state index is 11.4. The first-order valence-electron chi connectivity index (χ1n) is 3.90. The van der Waals surface area contributed by atoms with Gasteiger partial charge in [-0.15, -0.1) is 0 Å². The molecular weight excluding hydrogens is 240 g/mol. The quantitative estimate of drug-likeness (QED) is 0.577. The number of sulfonamides is 1. The lowest BCUT2D eigenvalue weighted by Gasteiger charge is -2.04. The number of phenolic OH excluding ortho intramolecular Hbond substituents is 1. The monoisotopic (exact) mass is 248 g/mol. The molecule has 0 aromatic heterocycles. The van der Waals surface area contributed by atoms with Gasteiger partial charge in [0.15, 0.2) is 5.75 Å². The van der Waals surface area contributed by atoms with E-state index in [1.807, 2.05) is 0 Å². The molecule has 0 spiro atoms. The van der Waals surface area contributed by atoms with E-state index >= 15 is 0 Å². The predicted molar refractivity (Wildman–Crippen MR) is 52.1 cm³/mol. The zero-order chi connectivity index (χ0) is 12.3. The molecular formula is C7H8N2O6S. The average molecular weight is 248 g/mol. The number of nitrogens with zero attached hydrogens (tertiary/aromatic N) is 1. The SMILES string of the molecule is CONS(=O)(=O)c1ccc(O)c([N+](=O)[O-])c1. The van der Waals surface area contributed by atoms with Gasteiger partial charge in [0.2, 0.25) is 0 Å². The van der Waals surface area contributed by atoms with Crippen LogP contribution < -0.4 is 4.89 Å². The van der Waals surface area contributed by atoms with Crippen molar-refractivity contribution in [3.05, 3.63) is 28.3 Å². The molecule has 2 N–H and O–H groups in total. The zero-order valence-electron chi connectivity index (χ0n) is 8.08. The first-order chi connectivity index (χ1) is 7.38. The van der Waals surface area contributed by atoms with Gasteiger partial charge in [-0.3, -0.25) is 15.0 Å². The number of aromatic hydroxyl groups is 1. The Labute approximate surface area is 90.6 Å². The first-order valence-corrected chi connectivity index (χ1v) is 5.39. The Morgan fingerprint density at radius 2 is 2.12 bits per heavy atom. The smallest absolute Gasteiger partial charge is 0.312 e. The van der Waals surface area contributed by atoms with Crippen LogP contribution in [0.4, 0.5) is 5.69 Å². The number of nitro benzene ring substituents is 1. The summed E-state index contributed by atoms with van der Waals surface area (Å²) in [5, 5.41) is 19.6. The highest BCUT2D eigenvalue weighted by atomic mass is 32.2. The van der Waals surface area contributed by atoms with Crippen molar-refractivity contribution < 1.29 is 23.3 Å². The molecule has 0 saturated heterocycles. The molecule has 0 bridgehead atoms. The number of nitro groups is 1. The fraction of sp³-hybridized carbons (Fsp3) is 0.143. The highest BCUT2D eigenvalue weighted by Crippen LogP contribution is 2.27. The topological polar surface area (TPSA) is 119 Å². The summed E-state index contributed by atoms with van der Waals surface area (Å²) in [6.45, 7) is 0. The van der Waals surface area contributed by atoms with Gasteiger partial charge in [0.25, 0.3) is 10.0 Å². The van der Waals surface area contributed by atoms with Crippen LogP contribution in [0, 0.1) is 10.1 Å². The second kappa shape index (κ2) is 4.43. The second-order valence-corrected chi connectivity index (χ2v) is 4.34. The molecule has 0 atom stereocenters. The second-order valence-electron chi connectivity index (χ2n) is 2.70. The van der Waals surface area contributed by atoms with E-state index in [-0.39, 0.29) is 4.90 Å². The molecule has 0 unspecified atom stereocenters. The summed E-state index contributed by atoms with van der Waals surface area (Å²) in [5.74, 6) is -0.610. The number of phenols is 1. The molecule has 0 amide bonds. The lowest BCUT2D eigenvalue weighted by molar-refractivity contribution is -0.386. The third-order valence-electron chi connectivity index (χ3n) is 1.65. The summed E-state index contributed by atoms with van der Waals surface area (Å²) in [6.07, 6.45) is 0. The van der Waals surface area contributed by atoms with Crippen molar-refractivity contribution in [1.29, 1.82) is 0 Å². The van der Waals surface area contributed by atoms with Gasteiger partial charge in [-0.05, 0) is 12.1 Å². The molecule has 0 heterocycles. The van der Waals surface area contributed by atoms with Crippen LogP contribution >= 0.6 is 0 Å². The number of hydrogen-bond acceptors (Lipinski definition) is 6. The normalized spacial score (nSPS) is 11.3. The number of nitrogens with one attached hydrogen (secondary N) is 1. The van der Waals surface area contributed by atoms with Gasteiger partial charge in [-0.25, -0.2) is 8.42 Å². The minimum absolute atomic E-state index is 0.376. The minimum atomic E-state index is -3.97. The molecule has 0 aliphatic carbocycles. The lowest BCUT2D eigenvalue weighted by Crippen LogP contribution is -2.22. The highest BCUT2D eigenvalue weighted by Gasteiger charge is 2.20. The van der Waals surface area contributed by atoms with Gasteiger partial charge < -0.3 is 5.11 Å². The van der Waals surface area contributed by atoms with Crippen molar-refractivity contribution in [2.45, 2.75) is 4.90 Å². The summed E-state index contributed by atoms with van der Waals surface area (Å²) in [5.41, 5.74) is -0.695. The van der Waals surface area contributed by atoms with Gasteiger partial charge in [-0.1, -0.05) is 4.89 Å². The van der Waals surface area contributed by atoms with Gasteiger partial charge in [0, 0.05) is 6.07 Å². The molecule has 0 radical (unpaired) electrons.